The molecule has 0 radical (unpaired) electrons. The molecule has 1 aromatic heterocycles. The van der Waals surface area contributed by atoms with E-state index in [1.165, 1.54) is 0 Å². The standard InChI is InChI=1S/C21H27N3O3/c1-5-18(25)24-8-7-15(12-24)23-20-16-10-13(3)9-14(4)19(16)22-11-17(20)21(26)27-6-2/h9-11,15H,5-8,12H2,1-4H3,(H,22,23). The minimum atomic E-state index is -0.381. The molecule has 144 valence electrons. The van der Waals surface area contributed by atoms with Gasteiger partial charge in [-0.15, -0.1) is 0 Å². The van der Waals surface area contributed by atoms with Crippen LogP contribution in [0, 0.1) is 13.8 Å². The molecule has 1 aliphatic heterocycles. The van der Waals surface area contributed by atoms with Crippen LogP contribution in [0.4, 0.5) is 5.69 Å². The Balaban J connectivity index is 2.01. The van der Waals surface area contributed by atoms with Gasteiger partial charge in [0.2, 0.25) is 5.91 Å². The van der Waals surface area contributed by atoms with Gasteiger partial charge < -0.3 is 15.0 Å². The van der Waals surface area contributed by atoms with Crippen molar-refractivity contribution in [1.29, 1.82) is 0 Å². The highest BCUT2D eigenvalue weighted by Crippen LogP contribution is 2.31. The van der Waals surface area contributed by atoms with Gasteiger partial charge in [-0.05, 0) is 38.8 Å². The first-order valence-electron chi connectivity index (χ1n) is 9.56. The van der Waals surface area contributed by atoms with Crippen molar-refractivity contribution in [2.45, 2.75) is 46.6 Å². The molecule has 1 fully saturated rings. The first kappa shape index (κ1) is 19.1. The molecule has 0 saturated carbocycles. The summed E-state index contributed by atoms with van der Waals surface area (Å²) in [6.07, 6.45) is 2.95. The van der Waals surface area contributed by atoms with Gasteiger partial charge in [0.05, 0.1) is 17.8 Å². The van der Waals surface area contributed by atoms with Crippen LogP contribution in [0.3, 0.4) is 0 Å². The van der Waals surface area contributed by atoms with Gasteiger partial charge in [-0.2, -0.15) is 0 Å². The maximum Gasteiger partial charge on any atom is 0.341 e. The Kier molecular flexibility index (Phi) is 5.63. The van der Waals surface area contributed by atoms with Gasteiger partial charge >= 0.3 is 5.97 Å². The number of benzene rings is 1. The van der Waals surface area contributed by atoms with Crippen LogP contribution in [0.5, 0.6) is 0 Å². The molecule has 6 nitrogen and oxygen atoms in total. The number of pyridine rings is 1. The summed E-state index contributed by atoms with van der Waals surface area (Å²) in [7, 11) is 0. The third kappa shape index (κ3) is 3.89. The zero-order valence-electron chi connectivity index (χ0n) is 16.5. The van der Waals surface area contributed by atoms with Gasteiger partial charge in [0.25, 0.3) is 0 Å². The fourth-order valence-corrected chi connectivity index (χ4v) is 3.71. The van der Waals surface area contributed by atoms with Crippen molar-refractivity contribution < 1.29 is 14.3 Å². The average molecular weight is 369 g/mol. The Morgan fingerprint density at radius 1 is 1.30 bits per heavy atom. The van der Waals surface area contributed by atoms with Crippen molar-refractivity contribution in [3.63, 3.8) is 0 Å². The van der Waals surface area contributed by atoms with Gasteiger partial charge in [-0.3, -0.25) is 9.78 Å². The number of amides is 1. The van der Waals surface area contributed by atoms with E-state index in [1.54, 1.807) is 13.1 Å². The number of hydrogen-bond donors (Lipinski definition) is 1. The number of rotatable bonds is 5. The Bertz CT molecular complexity index is 879. The van der Waals surface area contributed by atoms with E-state index in [2.05, 4.69) is 16.4 Å². The van der Waals surface area contributed by atoms with E-state index >= 15 is 0 Å². The van der Waals surface area contributed by atoms with Crippen LogP contribution in [0.25, 0.3) is 10.9 Å². The minimum absolute atomic E-state index is 0.0973. The van der Waals surface area contributed by atoms with Gasteiger partial charge in [0.15, 0.2) is 0 Å². The van der Waals surface area contributed by atoms with Gasteiger partial charge in [-0.25, -0.2) is 4.79 Å². The van der Waals surface area contributed by atoms with E-state index in [1.807, 2.05) is 31.7 Å². The number of fused-ring (bicyclic) bond motifs is 1. The van der Waals surface area contributed by atoms with Crippen LogP contribution in [-0.4, -0.2) is 47.5 Å². The zero-order valence-corrected chi connectivity index (χ0v) is 16.5. The highest BCUT2D eigenvalue weighted by molar-refractivity contribution is 6.05. The van der Waals surface area contributed by atoms with Crippen LogP contribution in [0.1, 0.15) is 48.2 Å². The number of aryl methyl sites for hydroxylation is 2. The molecule has 1 unspecified atom stereocenters. The lowest BCUT2D eigenvalue weighted by molar-refractivity contribution is -0.129. The monoisotopic (exact) mass is 369 g/mol. The van der Waals surface area contributed by atoms with Crippen molar-refractivity contribution in [2.75, 3.05) is 25.0 Å². The third-order valence-corrected chi connectivity index (χ3v) is 4.99. The Labute approximate surface area is 159 Å². The van der Waals surface area contributed by atoms with Gasteiger partial charge in [0.1, 0.15) is 5.56 Å². The van der Waals surface area contributed by atoms with Crippen LogP contribution in [-0.2, 0) is 9.53 Å². The lowest BCUT2D eigenvalue weighted by Gasteiger charge is -2.20. The Morgan fingerprint density at radius 2 is 2.07 bits per heavy atom. The average Bonchev–Trinajstić information content (AvgIpc) is 3.10. The van der Waals surface area contributed by atoms with Crippen LogP contribution in [0.2, 0.25) is 0 Å². The zero-order chi connectivity index (χ0) is 19.6. The van der Waals surface area contributed by atoms with Crippen molar-refractivity contribution in [3.8, 4) is 0 Å². The lowest BCUT2D eigenvalue weighted by atomic mass is 10.0. The summed E-state index contributed by atoms with van der Waals surface area (Å²) < 4.78 is 5.24. The molecule has 3 rings (SSSR count). The van der Waals surface area contributed by atoms with E-state index in [9.17, 15) is 9.59 Å². The summed E-state index contributed by atoms with van der Waals surface area (Å²) in [4.78, 5) is 30.9. The first-order valence-corrected chi connectivity index (χ1v) is 9.56. The van der Waals surface area contributed by atoms with Crippen LogP contribution < -0.4 is 5.32 Å². The molecule has 0 aliphatic carbocycles. The van der Waals surface area contributed by atoms with Gasteiger partial charge in [-0.1, -0.05) is 18.6 Å². The molecule has 1 saturated heterocycles. The van der Waals surface area contributed by atoms with E-state index in [-0.39, 0.29) is 17.9 Å². The number of likely N-dealkylation sites (tertiary alicyclic amines) is 1. The Hall–Kier alpha value is -2.63. The second-order valence-electron chi connectivity index (χ2n) is 7.07. The molecule has 1 atom stereocenters. The predicted octanol–water partition coefficient (Wildman–Crippen LogP) is 3.45. The number of aromatic nitrogens is 1. The van der Waals surface area contributed by atoms with Crippen molar-refractivity contribution in [2.24, 2.45) is 0 Å². The summed E-state index contributed by atoms with van der Waals surface area (Å²) in [5, 5.41) is 4.44. The number of carbonyl (C=O) groups is 2. The topological polar surface area (TPSA) is 71.5 Å². The molecule has 1 aliphatic rings. The molecular formula is C21H27N3O3. The molecular weight excluding hydrogens is 342 g/mol. The van der Waals surface area contributed by atoms with E-state index in [4.69, 9.17) is 4.74 Å². The normalized spacial score (nSPS) is 16.6. The van der Waals surface area contributed by atoms with Crippen LogP contribution >= 0.6 is 0 Å². The van der Waals surface area contributed by atoms with Gasteiger partial charge in [0, 0.05) is 37.1 Å². The molecule has 27 heavy (non-hydrogen) atoms. The maximum absolute atomic E-state index is 12.5. The number of ether oxygens (including phenoxy) is 1. The molecule has 2 heterocycles. The summed E-state index contributed by atoms with van der Waals surface area (Å²) in [6.45, 7) is 9.41. The summed E-state index contributed by atoms with van der Waals surface area (Å²) in [5.41, 5.74) is 4.24. The SMILES string of the molecule is CCOC(=O)c1cnc2c(C)cc(C)cc2c1NC1CCN(C(=O)CC)C1. The smallest absolute Gasteiger partial charge is 0.341 e. The highest BCUT2D eigenvalue weighted by atomic mass is 16.5. The minimum Gasteiger partial charge on any atom is -0.462 e. The van der Waals surface area contributed by atoms with Crippen molar-refractivity contribution in [3.05, 3.63) is 35.0 Å². The number of anilines is 1. The Morgan fingerprint density at radius 3 is 2.78 bits per heavy atom. The number of nitrogens with zero attached hydrogens (tertiary/aromatic N) is 2. The summed E-state index contributed by atoms with van der Waals surface area (Å²) >= 11 is 0. The quantitative estimate of drug-likeness (QED) is 0.818. The number of hydrogen-bond acceptors (Lipinski definition) is 5. The number of nitrogens with one attached hydrogen (secondary N) is 1. The predicted molar refractivity (Wildman–Crippen MR) is 106 cm³/mol. The molecule has 0 bridgehead atoms. The second kappa shape index (κ2) is 7.94. The summed E-state index contributed by atoms with van der Waals surface area (Å²) in [6, 6.07) is 4.23. The molecule has 1 aromatic carbocycles. The van der Waals surface area contributed by atoms with E-state index in [0.717, 1.165) is 40.7 Å². The fraction of sp³-hybridized carbons (Fsp3) is 0.476. The van der Waals surface area contributed by atoms with Crippen molar-refractivity contribution in [1.82, 2.24) is 9.88 Å². The van der Waals surface area contributed by atoms with Crippen molar-refractivity contribution >= 4 is 28.5 Å². The van der Waals surface area contributed by atoms with E-state index < -0.39 is 0 Å². The lowest BCUT2D eigenvalue weighted by Crippen LogP contribution is -2.31. The number of esters is 1. The third-order valence-electron chi connectivity index (χ3n) is 4.99. The molecule has 6 heteroatoms. The van der Waals surface area contributed by atoms with Crippen LogP contribution in [0.15, 0.2) is 18.3 Å². The molecule has 0 spiro atoms. The summed E-state index contributed by atoms with van der Waals surface area (Å²) in [5.74, 6) is -0.218. The second-order valence-corrected chi connectivity index (χ2v) is 7.07. The molecule has 1 amide bonds. The fourth-order valence-electron chi connectivity index (χ4n) is 3.71. The highest BCUT2D eigenvalue weighted by Gasteiger charge is 2.27. The first-order chi connectivity index (χ1) is 12.9. The maximum atomic E-state index is 12.5. The molecule has 2 aromatic rings. The molecule has 1 N–H and O–H groups in total. The van der Waals surface area contributed by atoms with E-state index in [0.29, 0.717) is 25.1 Å². The number of carbonyl (C=O) groups excluding carboxylic acids is 2. The largest absolute Gasteiger partial charge is 0.462 e.